The van der Waals surface area contributed by atoms with E-state index in [1.165, 1.54) is 11.1 Å². The first kappa shape index (κ1) is 15.4. The van der Waals surface area contributed by atoms with E-state index in [2.05, 4.69) is 54.9 Å². The summed E-state index contributed by atoms with van der Waals surface area (Å²) < 4.78 is 11.7. The average Bonchev–Trinajstić information content (AvgIpc) is 2.74. The van der Waals surface area contributed by atoms with Crippen LogP contribution in [0.2, 0.25) is 0 Å². The molecule has 0 radical (unpaired) electrons. The van der Waals surface area contributed by atoms with Gasteiger partial charge in [0.25, 0.3) is 0 Å². The maximum absolute atomic E-state index is 5.86. The molecule has 1 aromatic carbocycles. The molecule has 3 heteroatoms. The van der Waals surface area contributed by atoms with E-state index < -0.39 is 0 Å². The number of alkyl halides is 1. The molecule has 2 rings (SSSR count). The van der Waals surface area contributed by atoms with Gasteiger partial charge in [0.05, 0.1) is 6.61 Å². The molecule has 0 bridgehead atoms. The Morgan fingerprint density at radius 3 is 2.85 bits per heavy atom. The molecule has 1 aromatic rings. The molecule has 20 heavy (non-hydrogen) atoms. The third kappa shape index (κ3) is 3.38. The highest BCUT2D eigenvalue weighted by Gasteiger charge is 2.21. The van der Waals surface area contributed by atoms with E-state index in [0.717, 1.165) is 28.8 Å². The van der Waals surface area contributed by atoms with Gasteiger partial charge in [-0.15, -0.1) is 0 Å². The third-order valence-corrected chi connectivity index (χ3v) is 4.21. The predicted molar refractivity (Wildman–Crippen MR) is 88.0 cm³/mol. The molecule has 0 amide bonds. The lowest BCUT2D eigenvalue weighted by atomic mass is 10.00. The number of fused-ring (bicyclic) bond motifs is 1. The largest absolute Gasteiger partial charge is 0.493 e. The van der Waals surface area contributed by atoms with Gasteiger partial charge in [-0.05, 0) is 31.9 Å². The van der Waals surface area contributed by atoms with E-state index in [9.17, 15) is 0 Å². The Morgan fingerprint density at radius 2 is 2.25 bits per heavy atom. The van der Waals surface area contributed by atoms with Gasteiger partial charge in [0.15, 0.2) is 0 Å². The van der Waals surface area contributed by atoms with E-state index in [1.807, 2.05) is 6.92 Å². The summed E-state index contributed by atoms with van der Waals surface area (Å²) >= 11 is 3.57. The number of hydrogen-bond acceptors (Lipinski definition) is 2. The zero-order chi connectivity index (χ0) is 14.7. The predicted octanol–water partition coefficient (Wildman–Crippen LogP) is 4.84. The van der Waals surface area contributed by atoms with Crippen molar-refractivity contribution in [2.24, 2.45) is 5.92 Å². The van der Waals surface area contributed by atoms with Crippen LogP contribution < -0.4 is 9.47 Å². The van der Waals surface area contributed by atoms with Gasteiger partial charge in [-0.3, -0.25) is 0 Å². The molecule has 1 atom stereocenters. The quantitative estimate of drug-likeness (QED) is 0.715. The molecule has 0 fully saturated rings. The van der Waals surface area contributed by atoms with E-state index in [0.29, 0.717) is 12.5 Å². The maximum atomic E-state index is 5.86. The molecule has 110 valence electrons. The van der Waals surface area contributed by atoms with Crippen molar-refractivity contribution in [1.29, 1.82) is 0 Å². The van der Waals surface area contributed by atoms with Gasteiger partial charge in [0.2, 0.25) is 0 Å². The van der Waals surface area contributed by atoms with Crippen LogP contribution in [0.15, 0.2) is 17.7 Å². The van der Waals surface area contributed by atoms with E-state index in [1.54, 1.807) is 0 Å². The van der Waals surface area contributed by atoms with Crippen molar-refractivity contribution in [1.82, 2.24) is 0 Å². The van der Waals surface area contributed by atoms with Crippen LogP contribution in [0.4, 0.5) is 0 Å². The van der Waals surface area contributed by atoms with Crippen molar-refractivity contribution in [3.8, 4) is 11.5 Å². The van der Waals surface area contributed by atoms with Gasteiger partial charge >= 0.3 is 0 Å². The summed E-state index contributed by atoms with van der Waals surface area (Å²) in [4.78, 5) is 0. The number of ether oxygens (including phenoxy) is 2. The van der Waals surface area contributed by atoms with Crippen molar-refractivity contribution in [2.75, 3.05) is 11.9 Å². The second-order valence-corrected chi connectivity index (χ2v) is 6.13. The second-order valence-electron chi connectivity index (χ2n) is 5.57. The maximum Gasteiger partial charge on any atom is 0.127 e. The number of hydrogen-bond donors (Lipinski definition) is 0. The topological polar surface area (TPSA) is 18.5 Å². The van der Waals surface area contributed by atoms with E-state index in [4.69, 9.17) is 9.47 Å². The molecule has 1 unspecified atom stereocenters. The van der Waals surface area contributed by atoms with Crippen molar-refractivity contribution in [3.63, 3.8) is 0 Å². The lowest BCUT2D eigenvalue weighted by Crippen LogP contribution is -2.05. The molecular weight excluding hydrogens is 316 g/mol. The van der Waals surface area contributed by atoms with Crippen LogP contribution >= 0.6 is 15.9 Å². The fraction of sp³-hybridized carbons (Fsp3) is 0.529. The Bertz CT molecular complexity index is 506. The van der Waals surface area contributed by atoms with Crippen LogP contribution in [-0.2, 0) is 6.42 Å². The molecule has 2 nitrogen and oxygen atoms in total. The van der Waals surface area contributed by atoms with Crippen LogP contribution in [0.1, 0.15) is 38.8 Å². The van der Waals surface area contributed by atoms with Crippen molar-refractivity contribution >= 4 is 22.0 Å². The Kier molecular flexibility index (Phi) is 5.14. The van der Waals surface area contributed by atoms with E-state index in [-0.39, 0.29) is 6.10 Å². The molecule has 0 N–H and O–H groups in total. The molecule has 1 aliphatic heterocycles. The lowest BCUT2D eigenvalue weighted by molar-refractivity contribution is 0.254. The van der Waals surface area contributed by atoms with Crippen LogP contribution in [0.3, 0.4) is 0 Å². The average molecular weight is 339 g/mol. The first-order valence-electron chi connectivity index (χ1n) is 7.28. The van der Waals surface area contributed by atoms with Gasteiger partial charge in [-0.2, -0.15) is 0 Å². The molecule has 0 aliphatic carbocycles. The Labute approximate surface area is 130 Å². The fourth-order valence-corrected chi connectivity index (χ4v) is 3.22. The van der Waals surface area contributed by atoms with Crippen LogP contribution in [0.5, 0.6) is 11.5 Å². The summed E-state index contributed by atoms with van der Waals surface area (Å²) in [5.74, 6) is 2.48. The van der Waals surface area contributed by atoms with E-state index >= 15 is 0 Å². The summed E-state index contributed by atoms with van der Waals surface area (Å²) in [5, 5.41) is 0.880. The van der Waals surface area contributed by atoms with Crippen LogP contribution in [-0.4, -0.2) is 18.0 Å². The van der Waals surface area contributed by atoms with Gasteiger partial charge < -0.3 is 9.47 Å². The zero-order valence-electron chi connectivity index (χ0n) is 12.7. The summed E-state index contributed by atoms with van der Waals surface area (Å²) in [6.07, 6.45) is 3.45. The van der Waals surface area contributed by atoms with Crippen LogP contribution in [0, 0.1) is 5.92 Å². The molecule has 0 spiro atoms. The fourth-order valence-electron chi connectivity index (χ4n) is 2.41. The number of halogens is 1. The first-order valence-corrected chi connectivity index (χ1v) is 8.40. The standard InChI is InChI=1S/C17H23BrO2/c1-5-19-16-8-13-6-12(4)20-17(13)9-14(16)7-15(10-18)11(2)3/h7-9,11-12H,5-6,10H2,1-4H3. The summed E-state index contributed by atoms with van der Waals surface area (Å²) in [6, 6.07) is 4.26. The monoisotopic (exact) mass is 338 g/mol. The van der Waals surface area contributed by atoms with Crippen LogP contribution in [0.25, 0.3) is 6.08 Å². The highest BCUT2D eigenvalue weighted by molar-refractivity contribution is 9.09. The van der Waals surface area contributed by atoms with Crippen molar-refractivity contribution in [2.45, 2.75) is 40.2 Å². The third-order valence-electron chi connectivity index (χ3n) is 3.57. The van der Waals surface area contributed by atoms with Crippen molar-refractivity contribution in [3.05, 3.63) is 28.8 Å². The summed E-state index contributed by atoms with van der Waals surface area (Å²) in [6.45, 7) is 9.22. The number of rotatable bonds is 5. The SMILES string of the molecule is CCOc1cc2c(cc1C=C(CBr)C(C)C)OC(C)C2. The summed E-state index contributed by atoms with van der Waals surface area (Å²) in [7, 11) is 0. The minimum absolute atomic E-state index is 0.263. The highest BCUT2D eigenvalue weighted by atomic mass is 79.9. The Hall–Kier alpha value is -0.960. The number of allylic oxidation sites excluding steroid dienone is 1. The molecule has 0 saturated heterocycles. The Balaban J connectivity index is 2.43. The highest BCUT2D eigenvalue weighted by Crippen LogP contribution is 2.36. The molecule has 1 heterocycles. The number of benzene rings is 1. The minimum Gasteiger partial charge on any atom is -0.493 e. The molecule has 0 aromatic heterocycles. The smallest absolute Gasteiger partial charge is 0.127 e. The van der Waals surface area contributed by atoms with Gasteiger partial charge in [-0.1, -0.05) is 41.4 Å². The zero-order valence-corrected chi connectivity index (χ0v) is 14.3. The van der Waals surface area contributed by atoms with Gasteiger partial charge in [-0.25, -0.2) is 0 Å². The van der Waals surface area contributed by atoms with Gasteiger partial charge in [0, 0.05) is 22.9 Å². The second kappa shape index (κ2) is 6.66. The Morgan fingerprint density at radius 1 is 1.50 bits per heavy atom. The molecule has 1 aliphatic rings. The minimum atomic E-state index is 0.263. The molecule has 0 saturated carbocycles. The lowest BCUT2D eigenvalue weighted by Gasteiger charge is -2.13. The normalized spacial score (nSPS) is 18.1. The molecular formula is C17H23BrO2. The van der Waals surface area contributed by atoms with Crippen molar-refractivity contribution < 1.29 is 9.47 Å². The van der Waals surface area contributed by atoms with Gasteiger partial charge in [0.1, 0.15) is 17.6 Å². The summed E-state index contributed by atoms with van der Waals surface area (Å²) in [5.41, 5.74) is 3.72. The first-order chi connectivity index (χ1) is 9.55.